The lowest BCUT2D eigenvalue weighted by molar-refractivity contribution is -0.137. The third-order valence-electron chi connectivity index (χ3n) is 2.86. The highest BCUT2D eigenvalue weighted by molar-refractivity contribution is 6.33. The Morgan fingerprint density at radius 2 is 1.73 bits per heavy atom. The number of alkyl halides is 4. The van der Waals surface area contributed by atoms with Gasteiger partial charge in [0.2, 0.25) is 5.91 Å². The SMILES string of the molecule is O=C(Nc1ccc(Cl)c(C(F)(F)F)c1)[C@@H](Cl)c1ccccc1. The maximum Gasteiger partial charge on any atom is 0.417 e. The molecule has 0 aromatic heterocycles. The van der Waals surface area contributed by atoms with Gasteiger partial charge in [0.05, 0.1) is 10.6 Å². The lowest BCUT2D eigenvalue weighted by Crippen LogP contribution is -2.18. The fraction of sp³-hybridized carbons (Fsp3) is 0.133. The van der Waals surface area contributed by atoms with E-state index in [1.807, 2.05) is 0 Å². The van der Waals surface area contributed by atoms with Crippen molar-refractivity contribution in [1.29, 1.82) is 0 Å². The molecule has 0 saturated carbocycles. The van der Waals surface area contributed by atoms with Gasteiger partial charge in [0.15, 0.2) is 0 Å². The molecule has 1 N–H and O–H groups in total. The maximum atomic E-state index is 12.8. The zero-order valence-corrected chi connectivity index (χ0v) is 12.5. The van der Waals surface area contributed by atoms with Crippen molar-refractivity contribution in [2.75, 3.05) is 5.32 Å². The van der Waals surface area contributed by atoms with Gasteiger partial charge in [-0.15, -0.1) is 11.6 Å². The average Bonchev–Trinajstić information content (AvgIpc) is 2.48. The highest BCUT2D eigenvalue weighted by atomic mass is 35.5. The minimum atomic E-state index is -4.60. The first kappa shape index (κ1) is 16.6. The lowest BCUT2D eigenvalue weighted by Gasteiger charge is -2.14. The summed E-state index contributed by atoms with van der Waals surface area (Å²) in [5.74, 6) is -0.622. The van der Waals surface area contributed by atoms with Crippen molar-refractivity contribution in [2.24, 2.45) is 0 Å². The topological polar surface area (TPSA) is 29.1 Å². The summed E-state index contributed by atoms with van der Waals surface area (Å²) in [5.41, 5.74) is -0.493. The molecule has 0 aliphatic carbocycles. The van der Waals surface area contributed by atoms with Crippen molar-refractivity contribution in [3.63, 3.8) is 0 Å². The molecule has 116 valence electrons. The van der Waals surface area contributed by atoms with Crippen LogP contribution in [-0.2, 0) is 11.0 Å². The Bertz CT molecular complexity index is 674. The van der Waals surface area contributed by atoms with E-state index in [0.29, 0.717) is 5.56 Å². The van der Waals surface area contributed by atoms with Gasteiger partial charge in [-0.05, 0) is 23.8 Å². The molecule has 0 radical (unpaired) electrons. The van der Waals surface area contributed by atoms with E-state index in [1.165, 1.54) is 6.07 Å². The summed E-state index contributed by atoms with van der Waals surface area (Å²) >= 11 is 11.5. The number of carbonyl (C=O) groups is 1. The van der Waals surface area contributed by atoms with Crippen LogP contribution in [0.25, 0.3) is 0 Å². The molecule has 0 saturated heterocycles. The molecule has 0 fully saturated rings. The second-order valence-corrected chi connectivity index (χ2v) is 5.30. The number of amides is 1. The van der Waals surface area contributed by atoms with Gasteiger partial charge in [-0.25, -0.2) is 0 Å². The van der Waals surface area contributed by atoms with Gasteiger partial charge < -0.3 is 5.32 Å². The predicted octanol–water partition coefficient (Wildman–Crippen LogP) is 5.28. The summed E-state index contributed by atoms with van der Waals surface area (Å²) in [5, 5.41) is 0.908. The predicted molar refractivity (Wildman–Crippen MR) is 80.1 cm³/mol. The molecule has 7 heteroatoms. The van der Waals surface area contributed by atoms with Gasteiger partial charge in [0.25, 0.3) is 0 Å². The highest BCUT2D eigenvalue weighted by Crippen LogP contribution is 2.36. The molecule has 2 aromatic rings. The Morgan fingerprint density at radius 1 is 1.09 bits per heavy atom. The number of nitrogens with one attached hydrogen (secondary N) is 1. The Kier molecular flexibility index (Phi) is 4.98. The highest BCUT2D eigenvalue weighted by Gasteiger charge is 2.33. The van der Waals surface area contributed by atoms with Crippen LogP contribution in [-0.4, -0.2) is 5.91 Å². The molecular weight excluding hydrogens is 338 g/mol. The van der Waals surface area contributed by atoms with Crippen molar-refractivity contribution in [3.8, 4) is 0 Å². The molecule has 2 aromatic carbocycles. The van der Waals surface area contributed by atoms with Gasteiger partial charge in [-0.3, -0.25) is 4.79 Å². The third-order valence-corrected chi connectivity index (χ3v) is 3.64. The van der Waals surface area contributed by atoms with E-state index < -0.39 is 28.0 Å². The number of benzene rings is 2. The van der Waals surface area contributed by atoms with Crippen LogP contribution < -0.4 is 5.32 Å². The first-order valence-electron chi connectivity index (χ1n) is 6.15. The van der Waals surface area contributed by atoms with Crippen molar-refractivity contribution in [3.05, 3.63) is 64.7 Å². The molecule has 22 heavy (non-hydrogen) atoms. The molecular formula is C15H10Cl2F3NO. The monoisotopic (exact) mass is 347 g/mol. The van der Waals surface area contributed by atoms with Gasteiger partial charge in [0, 0.05) is 5.69 Å². The first-order chi connectivity index (χ1) is 10.3. The molecule has 0 aliphatic heterocycles. The lowest BCUT2D eigenvalue weighted by atomic mass is 10.1. The minimum Gasteiger partial charge on any atom is -0.324 e. The van der Waals surface area contributed by atoms with E-state index in [4.69, 9.17) is 23.2 Å². The molecule has 0 spiro atoms. The number of carbonyl (C=O) groups excluding carboxylic acids is 1. The third kappa shape index (κ3) is 3.93. The van der Waals surface area contributed by atoms with E-state index in [-0.39, 0.29) is 5.69 Å². The summed E-state index contributed by atoms with van der Waals surface area (Å²) in [4.78, 5) is 12.0. The van der Waals surface area contributed by atoms with Crippen molar-refractivity contribution in [1.82, 2.24) is 0 Å². The number of hydrogen-bond donors (Lipinski definition) is 1. The summed E-state index contributed by atoms with van der Waals surface area (Å²) in [6.07, 6.45) is -4.60. The molecule has 0 aliphatic rings. The normalized spacial score (nSPS) is 12.8. The number of hydrogen-bond acceptors (Lipinski definition) is 1. The van der Waals surface area contributed by atoms with Crippen LogP contribution in [0, 0.1) is 0 Å². The van der Waals surface area contributed by atoms with Crippen LogP contribution in [0.15, 0.2) is 48.5 Å². The zero-order chi connectivity index (χ0) is 16.3. The Hall–Kier alpha value is -1.72. The van der Waals surface area contributed by atoms with Gasteiger partial charge in [-0.2, -0.15) is 13.2 Å². The van der Waals surface area contributed by atoms with Crippen molar-refractivity contribution in [2.45, 2.75) is 11.6 Å². The van der Waals surface area contributed by atoms with Crippen LogP contribution in [0.2, 0.25) is 5.02 Å². The van der Waals surface area contributed by atoms with Gasteiger partial charge in [0.1, 0.15) is 5.38 Å². The fourth-order valence-corrected chi connectivity index (χ4v) is 2.22. The minimum absolute atomic E-state index is 0.0247. The van der Waals surface area contributed by atoms with Gasteiger partial charge in [-0.1, -0.05) is 41.9 Å². The average molecular weight is 348 g/mol. The van der Waals surface area contributed by atoms with E-state index >= 15 is 0 Å². The van der Waals surface area contributed by atoms with E-state index in [2.05, 4.69) is 5.32 Å². The number of rotatable bonds is 3. The Morgan fingerprint density at radius 3 is 2.32 bits per heavy atom. The summed E-state index contributed by atoms with van der Waals surface area (Å²) in [6.45, 7) is 0. The van der Waals surface area contributed by atoms with E-state index in [0.717, 1.165) is 12.1 Å². The molecule has 2 rings (SSSR count). The molecule has 1 atom stereocenters. The fourth-order valence-electron chi connectivity index (χ4n) is 1.80. The Balaban J connectivity index is 2.19. The second-order valence-electron chi connectivity index (χ2n) is 4.45. The largest absolute Gasteiger partial charge is 0.417 e. The molecule has 0 heterocycles. The van der Waals surface area contributed by atoms with Crippen molar-refractivity contribution < 1.29 is 18.0 Å². The van der Waals surface area contributed by atoms with Crippen LogP contribution in [0.5, 0.6) is 0 Å². The Labute approximate surface area is 134 Å². The van der Waals surface area contributed by atoms with Crippen LogP contribution >= 0.6 is 23.2 Å². The standard InChI is InChI=1S/C15H10Cl2F3NO/c16-12-7-6-10(8-11(12)15(18,19)20)21-14(22)13(17)9-4-2-1-3-5-9/h1-8,13H,(H,21,22)/t13-/m0/s1. The maximum absolute atomic E-state index is 12.8. The quantitative estimate of drug-likeness (QED) is 0.752. The number of halogens is 5. The summed E-state index contributed by atoms with van der Waals surface area (Å²) in [7, 11) is 0. The van der Waals surface area contributed by atoms with Crippen LogP contribution in [0.3, 0.4) is 0 Å². The smallest absolute Gasteiger partial charge is 0.324 e. The number of anilines is 1. The second kappa shape index (κ2) is 6.58. The molecule has 0 bridgehead atoms. The van der Waals surface area contributed by atoms with E-state index in [9.17, 15) is 18.0 Å². The van der Waals surface area contributed by atoms with Crippen LogP contribution in [0.1, 0.15) is 16.5 Å². The molecule has 1 amide bonds. The summed E-state index contributed by atoms with van der Waals surface area (Å²) < 4.78 is 38.3. The first-order valence-corrected chi connectivity index (χ1v) is 6.97. The zero-order valence-electron chi connectivity index (χ0n) is 11.0. The van der Waals surface area contributed by atoms with Gasteiger partial charge >= 0.3 is 6.18 Å². The molecule has 0 unspecified atom stereocenters. The van der Waals surface area contributed by atoms with E-state index in [1.54, 1.807) is 30.3 Å². The molecule has 2 nitrogen and oxygen atoms in total. The van der Waals surface area contributed by atoms with Crippen molar-refractivity contribution >= 4 is 34.8 Å². The van der Waals surface area contributed by atoms with Crippen LogP contribution in [0.4, 0.5) is 18.9 Å². The summed E-state index contributed by atoms with van der Waals surface area (Å²) in [6, 6.07) is 11.6.